The Kier molecular flexibility index (Phi) is 6.24. The van der Waals surface area contributed by atoms with Crippen LogP contribution in [-0.4, -0.2) is 31.8 Å². The highest BCUT2D eigenvalue weighted by Crippen LogP contribution is 2.35. The van der Waals surface area contributed by atoms with Gasteiger partial charge in [-0.15, -0.1) is 0 Å². The van der Waals surface area contributed by atoms with Gasteiger partial charge in [0.1, 0.15) is 0 Å². The molecule has 0 aliphatic carbocycles. The van der Waals surface area contributed by atoms with Gasteiger partial charge in [0.25, 0.3) is 5.91 Å². The summed E-state index contributed by atoms with van der Waals surface area (Å²) in [5.41, 5.74) is 1.89. The maximum Gasteiger partial charge on any atom is 0.416 e. The van der Waals surface area contributed by atoms with Gasteiger partial charge >= 0.3 is 6.18 Å². The summed E-state index contributed by atoms with van der Waals surface area (Å²) < 4.78 is 55.6. The molecular formula is C27H22F3N3O4. The summed E-state index contributed by atoms with van der Waals surface area (Å²) in [6.45, 7) is 0.337. The van der Waals surface area contributed by atoms with E-state index in [2.05, 4.69) is 10.3 Å². The molecule has 0 saturated heterocycles. The van der Waals surface area contributed by atoms with E-state index in [-0.39, 0.29) is 30.7 Å². The molecule has 0 saturated carbocycles. The summed E-state index contributed by atoms with van der Waals surface area (Å²) in [5, 5.41) is 2.83. The minimum atomic E-state index is -4.46. The van der Waals surface area contributed by atoms with Crippen molar-refractivity contribution >= 4 is 11.6 Å². The van der Waals surface area contributed by atoms with Crippen LogP contribution in [0.2, 0.25) is 0 Å². The summed E-state index contributed by atoms with van der Waals surface area (Å²) in [7, 11) is 3.81. The van der Waals surface area contributed by atoms with E-state index >= 15 is 0 Å². The number of nitrogens with zero attached hydrogens (tertiary/aromatic N) is 2. The number of halogens is 3. The number of rotatable bonds is 6. The Morgan fingerprint density at radius 3 is 2.30 bits per heavy atom. The number of carbonyl (C=O) groups excluding carboxylic acids is 1. The minimum Gasteiger partial charge on any atom is -0.454 e. The average Bonchev–Trinajstić information content (AvgIpc) is 3.54. The number of anilines is 1. The van der Waals surface area contributed by atoms with Crippen LogP contribution < -0.4 is 19.7 Å². The van der Waals surface area contributed by atoms with E-state index in [1.165, 1.54) is 12.1 Å². The smallest absolute Gasteiger partial charge is 0.416 e. The van der Waals surface area contributed by atoms with Gasteiger partial charge in [-0.1, -0.05) is 6.07 Å². The Balaban J connectivity index is 1.45. The normalized spacial score (nSPS) is 12.5. The van der Waals surface area contributed by atoms with Crippen molar-refractivity contribution in [3.05, 3.63) is 83.6 Å². The van der Waals surface area contributed by atoms with Crippen LogP contribution in [0.15, 0.2) is 71.1 Å². The van der Waals surface area contributed by atoms with Crippen LogP contribution in [0.3, 0.4) is 0 Å². The quantitative estimate of drug-likeness (QED) is 0.357. The monoisotopic (exact) mass is 509 g/mol. The highest BCUT2D eigenvalue weighted by molar-refractivity contribution is 5.98. The van der Waals surface area contributed by atoms with E-state index in [0.29, 0.717) is 22.6 Å². The molecule has 1 aromatic heterocycles. The number of oxazole rings is 1. The lowest BCUT2D eigenvalue weighted by atomic mass is 10.1. The third kappa shape index (κ3) is 5.09. The molecular weight excluding hydrogens is 487 g/mol. The third-order valence-corrected chi connectivity index (χ3v) is 5.84. The zero-order valence-electron chi connectivity index (χ0n) is 19.9. The molecule has 0 bridgehead atoms. The number of ether oxygens (including phenoxy) is 2. The fraction of sp³-hybridized carbons (Fsp3) is 0.185. The fourth-order valence-corrected chi connectivity index (χ4v) is 3.82. The second-order valence-corrected chi connectivity index (χ2v) is 8.58. The molecule has 1 aliphatic rings. The van der Waals surface area contributed by atoms with E-state index in [4.69, 9.17) is 13.9 Å². The lowest BCUT2D eigenvalue weighted by Gasteiger charge is -2.12. The van der Waals surface area contributed by atoms with Gasteiger partial charge in [0.2, 0.25) is 12.7 Å². The van der Waals surface area contributed by atoms with Crippen LogP contribution in [0.5, 0.6) is 11.5 Å². The maximum absolute atomic E-state index is 13.2. The van der Waals surface area contributed by atoms with Crippen molar-refractivity contribution in [1.82, 2.24) is 10.3 Å². The van der Waals surface area contributed by atoms with Gasteiger partial charge in [0.15, 0.2) is 23.0 Å². The molecule has 10 heteroatoms. The summed E-state index contributed by atoms with van der Waals surface area (Å²) >= 11 is 0. The topological polar surface area (TPSA) is 76.8 Å². The number of nitrogens with one attached hydrogen (secondary N) is 1. The number of fused-ring (bicyclic) bond motifs is 1. The first-order chi connectivity index (χ1) is 17.7. The molecule has 1 aliphatic heterocycles. The van der Waals surface area contributed by atoms with Gasteiger partial charge in [0.05, 0.1) is 5.56 Å². The van der Waals surface area contributed by atoms with E-state index < -0.39 is 17.6 Å². The van der Waals surface area contributed by atoms with Gasteiger partial charge in [-0.05, 0) is 66.2 Å². The summed E-state index contributed by atoms with van der Waals surface area (Å²) in [5.74, 6) is 0.985. The largest absolute Gasteiger partial charge is 0.454 e. The van der Waals surface area contributed by atoms with Crippen LogP contribution in [0.1, 0.15) is 21.6 Å². The van der Waals surface area contributed by atoms with Crippen LogP contribution in [0.25, 0.3) is 22.8 Å². The molecule has 5 rings (SSSR count). The van der Waals surface area contributed by atoms with E-state index in [9.17, 15) is 18.0 Å². The molecule has 0 unspecified atom stereocenters. The molecule has 0 radical (unpaired) electrons. The average molecular weight is 509 g/mol. The first-order valence-electron chi connectivity index (χ1n) is 11.3. The molecule has 3 aromatic carbocycles. The SMILES string of the molecule is CN(C)c1ccc(-c2oc(-c3ccc(C(F)(F)F)cc3)nc2C(=O)NCc2ccc3c(c2)OCO3)cc1. The van der Waals surface area contributed by atoms with E-state index in [1.807, 2.05) is 37.2 Å². The minimum absolute atomic E-state index is 0.0215. The van der Waals surface area contributed by atoms with Gasteiger partial charge in [-0.3, -0.25) is 4.79 Å². The molecule has 0 atom stereocenters. The lowest BCUT2D eigenvalue weighted by molar-refractivity contribution is -0.137. The Morgan fingerprint density at radius 1 is 0.946 bits per heavy atom. The predicted octanol–water partition coefficient (Wildman–Crippen LogP) is 5.75. The molecule has 1 amide bonds. The first-order valence-corrected chi connectivity index (χ1v) is 11.3. The molecule has 1 N–H and O–H groups in total. The van der Waals surface area contributed by atoms with Crippen molar-refractivity contribution in [1.29, 1.82) is 0 Å². The zero-order valence-corrected chi connectivity index (χ0v) is 19.9. The number of hydrogen-bond acceptors (Lipinski definition) is 6. The number of aromatic nitrogens is 1. The van der Waals surface area contributed by atoms with Crippen molar-refractivity contribution in [2.75, 3.05) is 25.8 Å². The second kappa shape index (κ2) is 9.53. The zero-order chi connectivity index (χ0) is 26.2. The second-order valence-electron chi connectivity index (χ2n) is 8.58. The Hall–Kier alpha value is -4.47. The number of alkyl halides is 3. The number of benzene rings is 3. The molecule has 37 heavy (non-hydrogen) atoms. The van der Waals surface area contributed by atoms with Crippen molar-refractivity contribution in [3.8, 4) is 34.3 Å². The van der Waals surface area contributed by atoms with Crippen molar-refractivity contribution < 1.29 is 31.9 Å². The summed E-state index contributed by atoms with van der Waals surface area (Å²) in [6.07, 6.45) is -4.46. The van der Waals surface area contributed by atoms with Crippen LogP contribution >= 0.6 is 0 Å². The standard InChI is InChI=1S/C27H22F3N3O4/c1-33(2)20-10-6-17(7-11-20)24-23(25(34)31-14-16-3-12-21-22(13-16)36-15-35-21)32-26(37-24)18-4-8-19(9-5-18)27(28,29)30/h3-13H,14-15H2,1-2H3,(H,31,34). The van der Waals surface area contributed by atoms with Gasteiger partial charge in [-0.2, -0.15) is 13.2 Å². The van der Waals surface area contributed by atoms with Gasteiger partial charge < -0.3 is 24.1 Å². The number of carbonyl (C=O) groups is 1. The van der Waals surface area contributed by atoms with Gasteiger partial charge in [-0.25, -0.2) is 4.98 Å². The molecule has 0 spiro atoms. The van der Waals surface area contributed by atoms with Crippen molar-refractivity contribution in [2.24, 2.45) is 0 Å². The van der Waals surface area contributed by atoms with Crippen molar-refractivity contribution in [2.45, 2.75) is 12.7 Å². The maximum atomic E-state index is 13.2. The fourth-order valence-electron chi connectivity index (χ4n) is 3.82. The Morgan fingerprint density at radius 2 is 1.62 bits per heavy atom. The lowest BCUT2D eigenvalue weighted by Crippen LogP contribution is -2.23. The molecule has 0 fully saturated rings. The van der Waals surface area contributed by atoms with Crippen molar-refractivity contribution in [3.63, 3.8) is 0 Å². The van der Waals surface area contributed by atoms with E-state index in [1.54, 1.807) is 24.3 Å². The third-order valence-electron chi connectivity index (χ3n) is 5.84. The number of hydrogen-bond donors (Lipinski definition) is 1. The summed E-state index contributed by atoms with van der Waals surface area (Å²) in [6, 6.07) is 17.1. The van der Waals surface area contributed by atoms with E-state index in [0.717, 1.165) is 23.4 Å². The number of amides is 1. The van der Waals surface area contributed by atoms with Gasteiger partial charge in [0, 0.05) is 37.5 Å². The highest BCUT2D eigenvalue weighted by atomic mass is 19.4. The van der Waals surface area contributed by atoms with Crippen LogP contribution in [-0.2, 0) is 12.7 Å². The molecule has 4 aromatic rings. The molecule has 7 nitrogen and oxygen atoms in total. The Labute approximate surface area is 210 Å². The van der Waals surface area contributed by atoms with Crippen LogP contribution in [0.4, 0.5) is 18.9 Å². The molecule has 190 valence electrons. The summed E-state index contributed by atoms with van der Waals surface area (Å²) in [4.78, 5) is 19.5. The first kappa shape index (κ1) is 24.2. The highest BCUT2D eigenvalue weighted by Gasteiger charge is 2.30. The van der Waals surface area contributed by atoms with Crippen LogP contribution in [0, 0.1) is 0 Å². The molecule has 2 heterocycles. The predicted molar refractivity (Wildman–Crippen MR) is 130 cm³/mol. The Bertz CT molecular complexity index is 1430.